The van der Waals surface area contributed by atoms with Crippen molar-refractivity contribution in [2.24, 2.45) is 4.99 Å². The van der Waals surface area contributed by atoms with Gasteiger partial charge in [0.15, 0.2) is 5.17 Å². The van der Waals surface area contributed by atoms with Gasteiger partial charge in [-0.15, -0.1) is 11.3 Å². The molecule has 0 atom stereocenters. The van der Waals surface area contributed by atoms with Gasteiger partial charge >= 0.3 is 0 Å². The van der Waals surface area contributed by atoms with Gasteiger partial charge < -0.3 is 4.74 Å². The number of halogens is 1. The summed E-state index contributed by atoms with van der Waals surface area (Å²) in [5, 5.41) is 3.94. The van der Waals surface area contributed by atoms with E-state index in [1.807, 2.05) is 97.2 Å². The smallest absolute Gasteiger partial charge is 0.266 e. The summed E-state index contributed by atoms with van der Waals surface area (Å²) in [6, 6.07) is 25.2. The number of nitrogens with zero attached hydrogens (tertiary/aromatic N) is 3. The zero-order chi connectivity index (χ0) is 24.9. The van der Waals surface area contributed by atoms with E-state index in [9.17, 15) is 4.79 Å². The Kier molecular flexibility index (Phi) is 7.51. The first-order valence-corrected chi connectivity index (χ1v) is 13.5. The van der Waals surface area contributed by atoms with Crippen LogP contribution in [-0.4, -0.2) is 27.5 Å². The number of aromatic nitrogens is 1. The molecule has 1 saturated heterocycles. The summed E-state index contributed by atoms with van der Waals surface area (Å²) in [7, 11) is 0. The Hall–Kier alpha value is -3.39. The maximum Gasteiger partial charge on any atom is 0.266 e. The zero-order valence-electron chi connectivity index (χ0n) is 19.4. The molecule has 180 valence electrons. The summed E-state index contributed by atoms with van der Waals surface area (Å²) in [5.74, 6) is 0.679. The van der Waals surface area contributed by atoms with Gasteiger partial charge in [-0.1, -0.05) is 72.3 Å². The fourth-order valence-electron chi connectivity index (χ4n) is 3.60. The van der Waals surface area contributed by atoms with Gasteiger partial charge in [0.1, 0.15) is 12.4 Å². The second-order valence-corrected chi connectivity index (χ2v) is 10.1. The molecule has 8 heteroatoms. The van der Waals surface area contributed by atoms with Crippen molar-refractivity contribution in [1.29, 1.82) is 0 Å². The number of carbonyl (C=O) groups excluding carboxylic acids is 1. The minimum Gasteiger partial charge on any atom is -0.489 e. The zero-order valence-corrected chi connectivity index (χ0v) is 21.8. The number of carbonyl (C=O) groups is 1. The van der Waals surface area contributed by atoms with Crippen LogP contribution in [0.2, 0.25) is 5.02 Å². The number of likely N-dealkylation sites (N-methyl/N-ethyl adjacent to an activating group) is 1. The minimum absolute atomic E-state index is 0.0554. The van der Waals surface area contributed by atoms with Crippen molar-refractivity contribution >= 4 is 57.0 Å². The monoisotopic (exact) mass is 531 g/mol. The molecular weight excluding hydrogens is 510 g/mol. The van der Waals surface area contributed by atoms with E-state index in [-0.39, 0.29) is 5.91 Å². The molecule has 36 heavy (non-hydrogen) atoms. The molecule has 5 rings (SSSR count). The van der Waals surface area contributed by atoms with Crippen molar-refractivity contribution in [3.05, 3.63) is 105 Å². The Bertz CT molecular complexity index is 1430. The molecule has 0 radical (unpaired) electrons. The third kappa shape index (κ3) is 5.54. The maximum absolute atomic E-state index is 13.0. The van der Waals surface area contributed by atoms with Crippen molar-refractivity contribution in [2.45, 2.75) is 13.5 Å². The quantitative estimate of drug-likeness (QED) is 0.230. The average molecular weight is 532 g/mol. The van der Waals surface area contributed by atoms with Gasteiger partial charge in [0.05, 0.1) is 10.6 Å². The van der Waals surface area contributed by atoms with Gasteiger partial charge in [-0.2, -0.15) is 4.99 Å². The van der Waals surface area contributed by atoms with Crippen LogP contribution in [0.5, 0.6) is 5.75 Å². The number of ether oxygens (including phenoxy) is 1. The fourth-order valence-corrected chi connectivity index (χ4v) is 5.59. The molecule has 1 fully saturated rings. The van der Waals surface area contributed by atoms with Crippen molar-refractivity contribution in [2.75, 3.05) is 6.54 Å². The Morgan fingerprint density at radius 1 is 1.03 bits per heavy atom. The largest absolute Gasteiger partial charge is 0.489 e. The van der Waals surface area contributed by atoms with Gasteiger partial charge in [0.2, 0.25) is 5.13 Å². The van der Waals surface area contributed by atoms with E-state index < -0.39 is 0 Å². The Morgan fingerprint density at radius 3 is 2.53 bits per heavy atom. The lowest BCUT2D eigenvalue weighted by atomic mass is 10.2. The van der Waals surface area contributed by atoms with E-state index in [0.29, 0.717) is 33.4 Å². The van der Waals surface area contributed by atoms with Crippen LogP contribution in [0.4, 0.5) is 5.13 Å². The van der Waals surface area contributed by atoms with Gasteiger partial charge in [-0.05, 0) is 48.5 Å². The number of hydrogen-bond donors (Lipinski definition) is 0. The SMILES string of the molecule is CCN1C(=O)/C(=C/c2ccc(OCc3ccccc3Cl)cc2)S/C1=N/c1nc(-c2ccccc2)cs1. The number of benzene rings is 3. The van der Waals surface area contributed by atoms with Crippen molar-refractivity contribution in [3.63, 3.8) is 0 Å². The standard InChI is InChI=1S/C28H22ClN3O2S2/c1-2-32-26(33)25(36-28(32)31-27-30-24(18-35-27)20-8-4-3-5-9-20)16-19-12-14-22(15-13-19)34-17-21-10-6-7-11-23(21)29/h3-16,18H,2,17H2,1H3/b25-16-,31-28+. The number of rotatable bonds is 7. The molecular formula is C28H22ClN3O2S2. The first-order valence-electron chi connectivity index (χ1n) is 11.4. The van der Waals surface area contributed by atoms with E-state index in [1.165, 1.54) is 23.1 Å². The summed E-state index contributed by atoms with van der Waals surface area (Å²) in [4.78, 5) is 24.7. The molecule has 1 amide bonds. The summed E-state index contributed by atoms with van der Waals surface area (Å²) >= 11 is 9.03. The Balaban J connectivity index is 1.29. The highest BCUT2D eigenvalue weighted by atomic mass is 35.5. The first-order chi connectivity index (χ1) is 17.6. The van der Waals surface area contributed by atoms with E-state index in [2.05, 4.69) is 4.98 Å². The summed E-state index contributed by atoms with van der Waals surface area (Å²) in [6.45, 7) is 2.87. The summed E-state index contributed by atoms with van der Waals surface area (Å²) < 4.78 is 5.86. The van der Waals surface area contributed by atoms with Crippen LogP contribution in [0.1, 0.15) is 18.1 Å². The molecule has 1 aliphatic heterocycles. The molecule has 0 saturated carbocycles. The van der Waals surface area contributed by atoms with Gasteiger partial charge in [-0.3, -0.25) is 9.69 Å². The highest BCUT2D eigenvalue weighted by Crippen LogP contribution is 2.35. The predicted octanol–water partition coefficient (Wildman–Crippen LogP) is 7.67. The van der Waals surface area contributed by atoms with E-state index in [0.717, 1.165) is 28.1 Å². The van der Waals surface area contributed by atoms with E-state index >= 15 is 0 Å². The lowest BCUT2D eigenvalue weighted by molar-refractivity contribution is -0.122. The van der Waals surface area contributed by atoms with Crippen molar-refractivity contribution in [1.82, 2.24) is 9.88 Å². The number of aliphatic imine (C=N–C) groups is 1. The molecule has 1 aliphatic rings. The molecule has 4 aromatic rings. The van der Waals surface area contributed by atoms with Crippen LogP contribution in [0.15, 0.2) is 94.1 Å². The normalized spacial score (nSPS) is 15.7. The first kappa shape index (κ1) is 24.3. The Labute approximate surface area is 223 Å². The van der Waals surface area contributed by atoms with Crippen LogP contribution in [0, 0.1) is 0 Å². The van der Waals surface area contributed by atoms with Crippen LogP contribution < -0.4 is 4.74 Å². The van der Waals surface area contributed by atoms with Crippen molar-refractivity contribution in [3.8, 4) is 17.0 Å². The van der Waals surface area contributed by atoms with Gasteiger partial charge in [0.25, 0.3) is 5.91 Å². The highest BCUT2D eigenvalue weighted by Gasteiger charge is 2.32. The maximum atomic E-state index is 13.0. The predicted molar refractivity (Wildman–Crippen MR) is 150 cm³/mol. The molecule has 3 aromatic carbocycles. The molecule has 0 spiro atoms. The third-order valence-electron chi connectivity index (χ3n) is 5.49. The molecule has 0 unspecified atom stereocenters. The lowest BCUT2D eigenvalue weighted by Gasteiger charge is -2.11. The van der Waals surface area contributed by atoms with E-state index in [4.69, 9.17) is 21.3 Å². The molecule has 0 bridgehead atoms. The topological polar surface area (TPSA) is 54.8 Å². The second kappa shape index (κ2) is 11.1. The number of amidine groups is 1. The average Bonchev–Trinajstić information content (AvgIpc) is 3.49. The third-order valence-corrected chi connectivity index (χ3v) is 7.60. The molecule has 0 N–H and O–H groups in total. The lowest BCUT2D eigenvalue weighted by Crippen LogP contribution is -2.28. The number of hydrogen-bond acceptors (Lipinski definition) is 6. The van der Waals surface area contributed by atoms with Crippen molar-refractivity contribution < 1.29 is 9.53 Å². The molecule has 2 heterocycles. The Morgan fingerprint density at radius 2 is 1.78 bits per heavy atom. The van der Waals surface area contributed by atoms with Gasteiger partial charge in [0, 0.05) is 28.1 Å². The van der Waals surface area contributed by atoms with Gasteiger partial charge in [-0.25, -0.2) is 4.98 Å². The second-order valence-electron chi connectivity index (χ2n) is 7.88. The van der Waals surface area contributed by atoms with Crippen LogP contribution in [-0.2, 0) is 11.4 Å². The fraction of sp³-hybridized carbons (Fsp3) is 0.107. The van der Waals surface area contributed by atoms with Crippen LogP contribution in [0.25, 0.3) is 17.3 Å². The molecule has 0 aliphatic carbocycles. The molecule has 5 nitrogen and oxygen atoms in total. The minimum atomic E-state index is -0.0554. The summed E-state index contributed by atoms with van der Waals surface area (Å²) in [5.41, 5.74) is 3.77. The molecule has 1 aromatic heterocycles. The summed E-state index contributed by atoms with van der Waals surface area (Å²) in [6.07, 6.45) is 1.88. The van der Waals surface area contributed by atoms with Crippen LogP contribution >= 0.6 is 34.7 Å². The number of thioether (sulfide) groups is 1. The highest BCUT2D eigenvalue weighted by molar-refractivity contribution is 8.18. The number of amides is 1. The van der Waals surface area contributed by atoms with E-state index in [1.54, 1.807) is 4.90 Å². The number of thiazole rings is 1. The van der Waals surface area contributed by atoms with Crippen LogP contribution in [0.3, 0.4) is 0 Å².